The van der Waals surface area contributed by atoms with Crippen molar-refractivity contribution in [1.29, 1.82) is 0 Å². The Hall–Kier alpha value is 1.32. The van der Waals surface area contributed by atoms with E-state index < -0.39 is 9.21 Å². The summed E-state index contributed by atoms with van der Waals surface area (Å²) in [6.07, 6.45) is 2.66. The minimum atomic E-state index is -2.80. The monoisotopic (exact) mass is 382 g/mol. The van der Waals surface area contributed by atoms with E-state index in [1.54, 1.807) is 0 Å². The van der Waals surface area contributed by atoms with E-state index in [1.165, 1.54) is 0 Å². The highest BCUT2D eigenvalue weighted by atomic mass is 79.9. The quantitative estimate of drug-likeness (QED) is 0.502. The fourth-order valence-electron chi connectivity index (χ4n) is 0.775. The summed E-state index contributed by atoms with van der Waals surface area (Å²) in [6.45, 7) is 2.04. The first-order chi connectivity index (χ1) is 5.73. The molecular formula is C7H13Br3O3. The smallest absolute Gasteiger partial charge is 0.303 e. The van der Waals surface area contributed by atoms with Crippen molar-refractivity contribution in [3.63, 3.8) is 0 Å². The van der Waals surface area contributed by atoms with Gasteiger partial charge < -0.3 is 15.3 Å². The zero-order chi connectivity index (χ0) is 10.7. The molecule has 0 aromatic rings. The lowest BCUT2D eigenvalue weighted by atomic mass is 10.1. The van der Waals surface area contributed by atoms with Crippen molar-refractivity contribution in [2.75, 3.05) is 0 Å². The fraction of sp³-hybridized carbons (Fsp3) is 1.00. The molecule has 0 rings (SSSR count). The Labute approximate surface area is 103 Å². The first-order valence-corrected chi connectivity index (χ1v) is 6.42. The molecule has 1 unspecified atom stereocenters. The zero-order valence-electron chi connectivity index (χ0n) is 7.17. The van der Waals surface area contributed by atoms with Gasteiger partial charge in [-0.05, 0) is 6.42 Å². The van der Waals surface area contributed by atoms with Gasteiger partial charge in [0.25, 0.3) is 0 Å². The lowest BCUT2D eigenvalue weighted by Crippen LogP contribution is -2.50. The second-order valence-electron chi connectivity index (χ2n) is 2.87. The summed E-state index contributed by atoms with van der Waals surface area (Å²) < 4.78 is -1.35. The topological polar surface area (TPSA) is 60.7 Å². The maximum atomic E-state index is 9.00. The van der Waals surface area contributed by atoms with Crippen LogP contribution in [0.1, 0.15) is 26.2 Å². The van der Waals surface area contributed by atoms with Crippen molar-refractivity contribution in [3.8, 4) is 0 Å². The standard InChI is InChI=1S/C7H13Br3O3/c1-2-3-4-5(8)6(9,10)7(11,12)13/h5,11-13H,2-4H2,1H3. The fourth-order valence-corrected chi connectivity index (χ4v) is 1.86. The molecule has 0 aliphatic rings. The van der Waals surface area contributed by atoms with Gasteiger partial charge >= 0.3 is 5.97 Å². The molecule has 0 saturated heterocycles. The zero-order valence-corrected chi connectivity index (χ0v) is 11.9. The molecule has 6 heteroatoms. The molecule has 0 saturated carbocycles. The molecule has 0 fully saturated rings. The highest BCUT2D eigenvalue weighted by Crippen LogP contribution is 2.43. The largest absolute Gasteiger partial charge is 0.342 e. The third-order valence-corrected chi connectivity index (χ3v) is 6.19. The summed E-state index contributed by atoms with van der Waals surface area (Å²) in [7, 11) is 0. The van der Waals surface area contributed by atoms with E-state index in [0.717, 1.165) is 19.3 Å². The van der Waals surface area contributed by atoms with Crippen LogP contribution in [0.2, 0.25) is 0 Å². The summed E-state index contributed by atoms with van der Waals surface area (Å²) in [5.74, 6) is -2.80. The van der Waals surface area contributed by atoms with E-state index in [1.807, 2.05) is 6.92 Å². The van der Waals surface area contributed by atoms with Gasteiger partial charge in [0.1, 0.15) is 0 Å². The Kier molecular flexibility index (Phi) is 5.97. The Bertz CT molecular complexity index is 156. The van der Waals surface area contributed by atoms with Crippen molar-refractivity contribution in [2.24, 2.45) is 0 Å². The molecule has 3 N–H and O–H groups in total. The van der Waals surface area contributed by atoms with Gasteiger partial charge in [-0.1, -0.05) is 67.6 Å². The molecule has 0 aromatic heterocycles. The predicted octanol–water partition coefficient (Wildman–Crippen LogP) is 2.06. The maximum absolute atomic E-state index is 9.00. The molecule has 0 bridgehead atoms. The van der Waals surface area contributed by atoms with E-state index in [4.69, 9.17) is 15.3 Å². The van der Waals surface area contributed by atoms with Crippen LogP contribution in [-0.2, 0) is 0 Å². The molecule has 0 aromatic carbocycles. The minimum absolute atomic E-state index is 0.278. The summed E-state index contributed by atoms with van der Waals surface area (Å²) >= 11 is 9.30. The van der Waals surface area contributed by atoms with Gasteiger partial charge in [-0.3, -0.25) is 0 Å². The second kappa shape index (κ2) is 5.42. The normalized spacial score (nSPS) is 15.9. The van der Waals surface area contributed by atoms with Gasteiger partial charge in [0, 0.05) is 4.83 Å². The first kappa shape index (κ1) is 14.3. The van der Waals surface area contributed by atoms with E-state index >= 15 is 0 Å². The average Bonchev–Trinajstić information content (AvgIpc) is 1.97. The molecule has 0 heterocycles. The number of alkyl halides is 3. The van der Waals surface area contributed by atoms with Gasteiger partial charge in [-0.25, -0.2) is 0 Å². The number of aliphatic hydroxyl groups is 3. The third kappa shape index (κ3) is 4.13. The summed E-state index contributed by atoms with van der Waals surface area (Å²) in [6, 6.07) is 0. The van der Waals surface area contributed by atoms with Crippen molar-refractivity contribution < 1.29 is 15.3 Å². The number of hydrogen-bond donors (Lipinski definition) is 3. The van der Waals surface area contributed by atoms with Crippen LogP contribution in [-0.4, -0.2) is 29.4 Å². The maximum Gasteiger partial charge on any atom is 0.303 e. The number of rotatable bonds is 5. The molecule has 1 atom stereocenters. The van der Waals surface area contributed by atoms with Gasteiger partial charge in [0.15, 0.2) is 3.23 Å². The molecule has 0 aliphatic carbocycles. The van der Waals surface area contributed by atoms with Crippen LogP contribution >= 0.6 is 47.8 Å². The Morgan fingerprint density at radius 1 is 1.23 bits per heavy atom. The van der Waals surface area contributed by atoms with Crippen LogP contribution in [0.15, 0.2) is 0 Å². The van der Waals surface area contributed by atoms with E-state index in [-0.39, 0.29) is 4.83 Å². The Morgan fingerprint density at radius 2 is 1.69 bits per heavy atom. The van der Waals surface area contributed by atoms with Crippen LogP contribution in [0.3, 0.4) is 0 Å². The van der Waals surface area contributed by atoms with Crippen LogP contribution in [0.25, 0.3) is 0 Å². The van der Waals surface area contributed by atoms with Crippen molar-refractivity contribution in [3.05, 3.63) is 0 Å². The number of hydrogen-bond acceptors (Lipinski definition) is 3. The molecule has 0 radical (unpaired) electrons. The van der Waals surface area contributed by atoms with Gasteiger partial charge in [0.2, 0.25) is 0 Å². The summed E-state index contributed by atoms with van der Waals surface area (Å²) in [5.41, 5.74) is 0. The lowest BCUT2D eigenvalue weighted by molar-refractivity contribution is -0.313. The SMILES string of the molecule is CCCCC(Br)C(Br)(Br)C(O)(O)O. The summed E-state index contributed by atoms with van der Waals surface area (Å²) in [4.78, 5) is -0.278. The molecule has 0 aliphatic heterocycles. The number of unbranched alkanes of at least 4 members (excludes halogenated alkanes) is 1. The molecule has 80 valence electrons. The molecule has 0 amide bonds. The van der Waals surface area contributed by atoms with Gasteiger partial charge in [-0.2, -0.15) is 0 Å². The van der Waals surface area contributed by atoms with E-state index in [9.17, 15) is 0 Å². The number of halogens is 3. The van der Waals surface area contributed by atoms with Crippen molar-refractivity contribution >= 4 is 47.8 Å². The van der Waals surface area contributed by atoms with Crippen molar-refractivity contribution in [1.82, 2.24) is 0 Å². The van der Waals surface area contributed by atoms with Crippen LogP contribution in [0.5, 0.6) is 0 Å². The average molecular weight is 385 g/mol. The second-order valence-corrected chi connectivity index (χ2v) is 7.54. The van der Waals surface area contributed by atoms with Crippen LogP contribution in [0, 0.1) is 0 Å². The van der Waals surface area contributed by atoms with E-state index in [0.29, 0.717) is 0 Å². The van der Waals surface area contributed by atoms with E-state index in [2.05, 4.69) is 47.8 Å². The van der Waals surface area contributed by atoms with Crippen LogP contribution < -0.4 is 0 Å². The Balaban J connectivity index is 4.27. The molecular weight excluding hydrogens is 372 g/mol. The molecule has 3 nitrogen and oxygen atoms in total. The molecule has 13 heavy (non-hydrogen) atoms. The highest BCUT2D eigenvalue weighted by molar-refractivity contribution is 9.26. The highest BCUT2D eigenvalue weighted by Gasteiger charge is 2.49. The van der Waals surface area contributed by atoms with Gasteiger partial charge in [-0.15, -0.1) is 0 Å². The van der Waals surface area contributed by atoms with Crippen molar-refractivity contribution in [2.45, 2.75) is 40.2 Å². The van der Waals surface area contributed by atoms with Crippen LogP contribution in [0.4, 0.5) is 0 Å². The molecule has 0 spiro atoms. The Morgan fingerprint density at radius 3 is 2.00 bits per heavy atom. The predicted molar refractivity (Wildman–Crippen MR) is 62.2 cm³/mol. The minimum Gasteiger partial charge on any atom is -0.342 e. The lowest BCUT2D eigenvalue weighted by Gasteiger charge is -2.33. The summed E-state index contributed by atoms with van der Waals surface area (Å²) in [5, 5.41) is 27.0. The third-order valence-electron chi connectivity index (χ3n) is 1.65. The van der Waals surface area contributed by atoms with Gasteiger partial charge in [0.05, 0.1) is 0 Å². The first-order valence-electron chi connectivity index (χ1n) is 3.92.